The van der Waals surface area contributed by atoms with Gasteiger partial charge in [0.2, 0.25) is 10.0 Å². The molecule has 0 aliphatic carbocycles. The Bertz CT molecular complexity index is 800. The second kappa shape index (κ2) is 8.81. The monoisotopic (exact) mass is 398 g/mol. The zero-order chi connectivity index (χ0) is 20.2. The van der Waals surface area contributed by atoms with E-state index in [1.165, 1.54) is 15.3 Å². The number of carboxylic acid groups (broad SMARTS) is 1. The fourth-order valence-electron chi connectivity index (χ4n) is 2.95. The van der Waals surface area contributed by atoms with Crippen molar-refractivity contribution in [3.8, 4) is 0 Å². The first-order chi connectivity index (χ1) is 12.7. The lowest BCUT2D eigenvalue weighted by Crippen LogP contribution is -2.42. The number of amides is 1. The third-order valence-electron chi connectivity index (χ3n) is 4.47. The van der Waals surface area contributed by atoms with Gasteiger partial charge in [0.1, 0.15) is 6.54 Å². The summed E-state index contributed by atoms with van der Waals surface area (Å²) in [6.07, 6.45) is 0.496. The first kappa shape index (κ1) is 21.3. The highest BCUT2D eigenvalue weighted by molar-refractivity contribution is 7.89. The van der Waals surface area contributed by atoms with Crippen LogP contribution in [-0.2, 0) is 26.0 Å². The molecule has 27 heavy (non-hydrogen) atoms. The Kier molecular flexibility index (Phi) is 6.96. The summed E-state index contributed by atoms with van der Waals surface area (Å²) in [5.41, 5.74) is 0.779. The zero-order valence-electron chi connectivity index (χ0n) is 15.8. The van der Waals surface area contributed by atoms with Crippen molar-refractivity contribution >= 4 is 21.9 Å². The number of sulfonamides is 1. The van der Waals surface area contributed by atoms with Crippen molar-refractivity contribution in [2.45, 2.75) is 38.1 Å². The van der Waals surface area contributed by atoms with Crippen molar-refractivity contribution in [3.63, 3.8) is 0 Å². The maximum Gasteiger partial charge on any atom is 0.323 e. The molecule has 0 saturated carbocycles. The Labute approximate surface area is 159 Å². The molecule has 150 valence electrons. The topological polar surface area (TPSA) is 104 Å². The van der Waals surface area contributed by atoms with E-state index in [1.807, 2.05) is 6.92 Å². The summed E-state index contributed by atoms with van der Waals surface area (Å²) < 4.78 is 32.7. The van der Waals surface area contributed by atoms with E-state index in [-0.39, 0.29) is 29.6 Å². The zero-order valence-corrected chi connectivity index (χ0v) is 16.7. The number of carbonyl (C=O) groups excluding carboxylic acids is 1. The first-order valence-electron chi connectivity index (χ1n) is 8.92. The van der Waals surface area contributed by atoms with Crippen LogP contribution in [0.1, 0.15) is 36.7 Å². The lowest BCUT2D eigenvalue weighted by Gasteiger charge is -2.28. The minimum absolute atomic E-state index is 0.0942. The van der Waals surface area contributed by atoms with E-state index in [0.29, 0.717) is 25.2 Å². The minimum atomic E-state index is -3.76. The Balaban J connectivity index is 2.45. The van der Waals surface area contributed by atoms with Crippen molar-refractivity contribution in [3.05, 3.63) is 29.3 Å². The van der Waals surface area contributed by atoms with Gasteiger partial charge in [-0.15, -0.1) is 0 Å². The van der Waals surface area contributed by atoms with Crippen LogP contribution in [-0.4, -0.2) is 73.5 Å². The molecule has 1 fully saturated rings. The Morgan fingerprint density at radius 3 is 2.41 bits per heavy atom. The van der Waals surface area contributed by atoms with Gasteiger partial charge in [0.25, 0.3) is 5.91 Å². The molecule has 1 aromatic carbocycles. The van der Waals surface area contributed by atoms with Crippen molar-refractivity contribution in [2.24, 2.45) is 0 Å². The van der Waals surface area contributed by atoms with Gasteiger partial charge in [-0.3, -0.25) is 9.59 Å². The van der Waals surface area contributed by atoms with Gasteiger partial charge < -0.3 is 14.7 Å². The summed E-state index contributed by atoms with van der Waals surface area (Å²) in [6, 6.07) is 4.21. The van der Waals surface area contributed by atoms with Crippen molar-refractivity contribution in [1.82, 2.24) is 9.21 Å². The van der Waals surface area contributed by atoms with Gasteiger partial charge in [-0.05, 0) is 38.0 Å². The van der Waals surface area contributed by atoms with Crippen LogP contribution in [0.15, 0.2) is 23.1 Å². The molecule has 0 bridgehead atoms. The molecular weight excluding hydrogens is 372 g/mol. The number of benzene rings is 1. The molecule has 1 aliphatic heterocycles. The highest BCUT2D eigenvalue weighted by Crippen LogP contribution is 2.24. The largest absolute Gasteiger partial charge is 0.480 e. The van der Waals surface area contributed by atoms with Crippen molar-refractivity contribution in [1.29, 1.82) is 0 Å². The molecule has 0 atom stereocenters. The molecule has 0 spiro atoms. The van der Waals surface area contributed by atoms with Crippen LogP contribution in [0.5, 0.6) is 0 Å². The average Bonchev–Trinajstić information content (AvgIpc) is 2.65. The second-order valence-corrected chi connectivity index (χ2v) is 8.52. The van der Waals surface area contributed by atoms with Crippen LogP contribution in [0.3, 0.4) is 0 Å². The SMILES string of the molecule is CCc1ccc(C(=O)N(CC(=O)O)C(C)C)cc1S(=O)(=O)N1CCOCC1. The van der Waals surface area contributed by atoms with Crippen LogP contribution in [0, 0.1) is 0 Å². The maximum atomic E-state index is 13.1. The summed E-state index contributed by atoms with van der Waals surface area (Å²) in [5.74, 6) is -1.63. The molecule has 1 N–H and O–H groups in total. The molecule has 0 aromatic heterocycles. The molecule has 2 rings (SSSR count). The predicted molar refractivity (Wildman–Crippen MR) is 99.2 cm³/mol. The van der Waals surface area contributed by atoms with Gasteiger partial charge in [-0.1, -0.05) is 13.0 Å². The van der Waals surface area contributed by atoms with Crippen LogP contribution in [0.4, 0.5) is 0 Å². The number of morpholine rings is 1. The summed E-state index contributed by atoms with van der Waals surface area (Å²) in [5, 5.41) is 9.06. The third kappa shape index (κ3) is 4.85. The van der Waals surface area contributed by atoms with Crippen LogP contribution < -0.4 is 0 Å². The molecule has 1 aromatic rings. The molecule has 1 saturated heterocycles. The lowest BCUT2D eigenvalue weighted by atomic mass is 10.1. The number of hydrogen-bond donors (Lipinski definition) is 1. The second-order valence-electron chi connectivity index (χ2n) is 6.61. The Morgan fingerprint density at radius 2 is 1.89 bits per heavy atom. The standard InChI is InChI=1S/C18H26N2O6S/c1-4-14-5-6-15(18(23)20(13(2)3)12-17(21)22)11-16(14)27(24,25)19-7-9-26-10-8-19/h5-6,11,13H,4,7-10,12H2,1-3H3,(H,21,22). The normalized spacial score (nSPS) is 15.7. The smallest absolute Gasteiger partial charge is 0.323 e. The van der Waals surface area contributed by atoms with E-state index in [2.05, 4.69) is 0 Å². The van der Waals surface area contributed by atoms with Gasteiger partial charge in [0, 0.05) is 24.7 Å². The molecule has 1 heterocycles. The van der Waals surface area contributed by atoms with Gasteiger partial charge in [-0.25, -0.2) is 8.42 Å². The summed E-state index contributed by atoms with van der Waals surface area (Å²) >= 11 is 0. The summed E-state index contributed by atoms with van der Waals surface area (Å²) in [7, 11) is -3.76. The minimum Gasteiger partial charge on any atom is -0.480 e. The summed E-state index contributed by atoms with van der Waals surface area (Å²) in [6.45, 7) is 6.02. The number of aryl methyl sites for hydroxylation is 1. The highest BCUT2D eigenvalue weighted by atomic mass is 32.2. The van der Waals surface area contributed by atoms with Crippen LogP contribution in [0.2, 0.25) is 0 Å². The average molecular weight is 398 g/mol. The number of carbonyl (C=O) groups is 2. The summed E-state index contributed by atoms with van der Waals surface area (Å²) in [4.78, 5) is 25.2. The number of carboxylic acids is 1. The molecule has 8 nitrogen and oxygen atoms in total. The number of aliphatic carboxylic acids is 1. The Morgan fingerprint density at radius 1 is 1.26 bits per heavy atom. The predicted octanol–water partition coefficient (Wildman–Crippen LogP) is 1.21. The fourth-order valence-corrected chi connectivity index (χ4v) is 4.67. The van der Waals surface area contributed by atoms with E-state index in [9.17, 15) is 18.0 Å². The number of rotatable bonds is 7. The van der Waals surface area contributed by atoms with E-state index < -0.39 is 28.4 Å². The van der Waals surface area contributed by atoms with E-state index in [4.69, 9.17) is 9.84 Å². The Hall–Kier alpha value is -1.97. The number of nitrogens with zero attached hydrogens (tertiary/aromatic N) is 2. The maximum absolute atomic E-state index is 13.1. The van der Waals surface area contributed by atoms with Gasteiger partial charge in [0.15, 0.2) is 0 Å². The van der Waals surface area contributed by atoms with E-state index >= 15 is 0 Å². The van der Waals surface area contributed by atoms with Crippen LogP contribution >= 0.6 is 0 Å². The van der Waals surface area contributed by atoms with Gasteiger partial charge in [-0.2, -0.15) is 4.31 Å². The molecule has 1 aliphatic rings. The van der Waals surface area contributed by atoms with E-state index in [0.717, 1.165) is 0 Å². The first-order valence-corrected chi connectivity index (χ1v) is 10.4. The molecule has 9 heteroatoms. The number of ether oxygens (including phenoxy) is 1. The third-order valence-corrected chi connectivity index (χ3v) is 6.45. The molecule has 0 radical (unpaired) electrons. The number of hydrogen-bond acceptors (Lipinski definition) is 5. The molecular formula is C18H26N2O6S. The molecule has 0 unspecified atom stereocenters. The van der Waals surface area contributed by atoms with Gasteiger partial charge in [0.05, 0.1) is 18.1 Å². The van der Waals surface area contributed by atoms with E-state index in [1.54, 1.807) is 26.0 Å². The van der Waals surface area contributed by atoms with Gasteiger partial charge >= 0.3 is 5.97 Å². The van der Waals surface area contributed by atoms with Crippen molar-refractivity contribution in [2.75, 3.05) is 32.8 Å². The highest BCUT2D eigenvalue weighted by Gasteiger charge is 2.30. The molecule has 1 amide bonds. The lowest BCUT2D eigenvalue weighted by molar-refractivity contribution is -0.138. The van der Waals surface area contributed by atoms with Crippen molar-refractivity contribution < 1.29 is 27.9 Å². The van der Waals surface area contributed by atoms with Crippen LogP contribution in [0.25, 0.3) is 0 Å². The quantitative estimate of drug-likeness (QED) is 0.740. The fraction of sp³-hybridized carbons (Fsp3) is 0.556.